The van der Waals surface area contributed by atoms with Crippen LogP contribution >= 0.6 is 11.3 Å². The first-order chi connectivity index (χ1) is 9.25. The Labute approximate surface area is 116 Å². The van der Waals surface area contributed by atoms with Crippen LogP contribution < -0.4 is 0 Å². The molecular formula is C14H17N3OS. The number of hydrogen-bond acceptors (Lipinski definition) is 3. The summed E-state index contributed by atoms with van der Waals surface area (Å²) in [5, 5.41) is 6.47. The maximum absolute atomic E-state index is 12.5. The minimum atomic E-state index is 0.109. The van der Waals surface area contributed by atoms with Crippen molar-refractivity contribution in [3.63, 3.8) is 0 Å². The maximum Gasteiger partial charge on any atom is 0.272 e. The SMILES string of the molecule is Cn1nc(-c2cccs2)cc1C(=O)N1CCCCC1. The van der Waals surface area contributed by atoms with Crippen molar-refractivity contribution in [2.75, 3.05) is 13.1 Å². The number of aromatic nitrogens is 2. The third kappa shape index (κ3) is 2.42. The van der Waals surface area contributed by atoms with E-state index in [1.807, 2.05) is 35.5 Å². The van der Waals surface area contributed by atoms with Gasteiger partial charge in [0, 0.05) is 20.1 Å². The molecule has 2 aromatic heterocycles. The molecule has 1 fully saturated rings. The predicted octanol–water partition coefficient (Wildman–Crippen LogP) is 2.77. The second-order valence-electron chi connectivity index (χ2n) is 4.87. The van der Waals surface area contributed by atoms with Crippen LogP contribution in [0.5, 0.6) is 0 Å². The highest BCUT2D eigenvalue weighted by Crippen LogP contribution is 2.24. The number of likely N-dealkylation sites (tertiary alicyclic amines) is 1. The summed E-state index contributed by atoms with van der Waals surface area (Å²) >= 11 is 1.64. The van der Waals surface area contributed by atoms with E-state index in [2.05, 4.69) is 5.10 Å². The lowest BCUT2D eigenvalue weighted by Crippen LogP contribution is -2.36. The molecule has 19 heavy (non-hydrogen) atoms. The minimum Gasteiger partial charge on any atom is -0.337 e. The standard InChI is InChI=1S/C14H17N3OS/c1-16-12(14(18)17-7-3-2-4-8-17)10-11(15-16)13-6-5-9-19-13/h5-6,9-10H,2-4,7-8H2,1H3. The quantitative estimate of drug-likeness (QED) is 0.845. The molecule has 0 unspecified atom stereocenters. The zero-order valence-electron chi connectivity index (χ0n) is 11.0. The molecule has 2 aromatic rings. The minimum absolute atomic E-state index is 0.109. The van der Waals surface area contributed by atoms with Gasteiger partial charge in [-0.15, -0.1) is 11.3 Å². The lowest BCUT2D eigenvalue weighted by atomic mass is 10.1. The van der Waals surface area contributed by atoms with Gasteiger partial charge in [-0.2, -0.15) is 5.10 Å². The molecular weight excluding hydrogens is 258 g/mol. The van der Waals surface area contributed by atoms with E-state index in [1.54, 1.807) is 16.0 Å². The lowest BCUT2D eigenvalue weighted by Gasteiger charge is -2.26. The Morgan fingerprint density at radius 2 is 2.11 bits per heavy atom. The fourth-order valence-corrected chi connectivity index (χ4v) is 3.15. The summed E-state index contributed by atoms with van der Waals surface area (Å²) in [6.45, 7) is 1.75. The van der Waals surface area contributed by atoms with Gasteiger partial charge in [0.1, 0.15) is 11.4 Å². The van der Waals surface area contributed by atoms with Crippen molar-refractivity contribution in [2.45, 2.75) is 19.3 Å². The third-order valence-electron chi connectivity index (χ3n) is 3.52. The zero-order chi connectivity index (χ0) is 13.2. The summed E-state index contributed by atoms with van der Waals surface area (Å²) in [6.07, 6.45) is 3.46. The number of rotatable bonds is 2. The molecule has 1 aliphatic heterocycles. The molecule has 4 nitrogen and oxygen atoms in total. The number of hydrogen-bond donors (Lipinski definition) is 0. The highest BCUT2D eigenvalue weighted by atomic mass is 32.1. The summed E-state index contributed by atoms with van der Waals surface area (Å²) in [7, 11) is 1.84. The van der Waals surface area contributed by atoms with E-state index in [1.165, 1.54) is 6.42 Å². The smallest absolute Gasteiger partial charge is 0.272 e. The third-order valence-corrected chi connectivity index (χ3v) is 4.41. The largest absolute Gasteiger partial charge is 0.337 e. The van der Waals surface area contributed by atoms with Crippen LogP contribution in [0.2, 0.25) is 0 Å². The van der Waals surface area contributed by atoms with Crippen LogP contribution in [0, 0.1) is 0 Å². The van der Waals surface area contributed by atoms with E-state index in [-0.39, 0.29) is 5.91 Å². The Morgan fingerprint density at radius 1 is 1.32 bits per heavy atom. The molecule has 1 amide bonds. The highest BCUT2D eigenvalue weighted by molar-refractivity contribution is 7.13. The second kappa shape index (κ2) is 5.17. The summed E-state index contributed by atoms with van der Waals surface area (Å²) in [4.78, 5) is 15.5. The Morgan fingerprint density at radius 3 is 2.79 bits per heavy atom. The van der Waals surface area contributed by atoms with E-state index in [0.29, 0.717) is 5.69 Å². The van der Waals surface area contributed by atoms with Crippen LogP contribution in [0.1, 0.15) is 29.8 Å². The average Bonchev–Trinajstić information content (AvgIpc) is 3.08. The Hall–Kier alpha value is -1.62. The molecule has 3 heterocycles. The van der Waals surface area contributed by atoms with Gasteiger partial charge in [-0.3, -0.25) is 9.48 Å². The molecule has 0 aliphatic carbocycles. The van der Waals surface area contributed by atoms with Crippen LogP contribution in [0.15, 0.2) is 23.6 Å². The van der Waals surface area contributed by atoms with Gasteiger partial charge < -0.3 is 4.90 Å². The van der Waals surface area contributed by atoms with Gasteiger partial charge >= 0.3 is 0 Å². The van der Waals surface area contributed by atoms with E-state index in [0.717, 1.165) is 36.5 Å². The maximum atomic E-state index is 12.5. The zero-order valence-corrected chi connectivity index (χ0v) is 11.8. The molecule has 0 saturated carbocycles. The summed E-state index contributed by atoms with van der Waals surface area (Å²) < 4.78 is 1.70. The predicted molar refractivity (Wildman–Crippen MR) is 76.3 cm³/mol. The summed E-state index contributed by atoms with van der Waals surface area (Å²) in [6, 6.07) is 5.94. The first-order valence-corrected chi connectivity index (χ1v) is 7.51. The summed E-state index contributed by atoms with van der Waals surface area (Å²) in [5.41, 5.74) is 1.57. The van der Waals surface area contributed by atoms with Crippen LogP contribution in [-0.4, -0.2) is 33.7 Å². The van der Waals surface area contributed by atoms with Crippen molar-refractivity contribution in [1.29, 1.82) is 0 Å². The van der Waals surface area contributed by atoms with Crippen molar-refractivity contribution in [3.8, 4) is 10.6 Å². The fraction of sp³-hybridized carbons (Fsp3) is 0.429. The average molecular weight is 275 g/mol. The van der Waals surface area contributed by atoms with Gasteiger partial charge in [0.2, 0.25) is 0 Å². The molecule has 5 heteroatoms. The van der Waals surface area contributed by atoms with Crippen LogP contribution in [-0.2, 0) is 7.05 Å². The van der Waals surface area contributed by atoms with E-state index >= 15 is 0 Å². The van der Waals surface area contributed by atoms with Crippen LogP contribution in [0.4, 0.5) is 0 Å². The van der Waals surface area contributed by atoms with Gasteiger partial charge in [0.25, 0.3) is 5.91 Å². The highest BCUT2D eigenvalue weighted by Gasteiger charge is 2.22. The van der Waals surface area contributed by atoms with Gasteiger partial charge in [-0.1, -0.05) is 6.07 Å². The first-order valence-electron chi connectivity index (χ1n) is 6.63. The van der Waals surface area contributed by atoms with Gasteiger partial charge in [0.05, 0.1) is 4.88 Å². The molecule has 100 valence electrons. The molecule has 3 rings (SSSR count). The van der Waals surface area contributed by atoms with Crippen molar-refractivity contribution in [2.24, 2.45) is 7.05 Å². The Balaban J connectivity index is 1.86. The van der Waals surface area contributed by atoms with Crippen LogP contribution in [0.25, 0.3) is 10.6 Å². The summed E-state index contributed by atoms with van der Waals surface area (Å²) in [5.74, 6) is 0.109. The first kappa shape index (κ1) is 12.4. The van der Waals surface area contributed by atoms with Crippen molar-refractivity contribution >= 4 is 17.2 Å². The fourth-order valence-electron chi connectivity index (χ4n) is 2.47. The van der Waals surface area contributed by atoms with Crippen molar-refractivity contribution in [3.05, 3.63) is 29.3 Å². The molecule has 0 N–H and O–H groups in total. The number of carbonyl (C=O) groups is 1. The molecule has 0 bridgehead atoms. The van der Waals surface area contributed by atoms with Crippen LogP contribution in [0.3, 0.4) is 0 Å². The number of aryl methyl sites for hydroxylation is 1. The Kier molecular flexibility index (Phi) is 3.38. The van der Waals surface area contributed by atoms with Crippen molar-refractivity contribution in [1.82, 2.24) is 14.7 Å². The molecule has 0 aromatic carbocycles. The number of carbonyl (C=O) groups excluding carboxylic acids is 1. The van der Waals surface area contributed by atoms with Gasteiger partial charge in [-0.25, -0.2) is 0 Å². The van der Waals surface area contributed by atoms with E-state index < -0.39 is 0 Å². The molecule has 1 saturated heterocycles. The molecule has 0 atom stereocenters. The molecule has 1 aliphatic rings. The van der Waals surface area contributed by atoms with Gasteiger partial charge in [-0.05, 0) is 36.8 Å². The van der Waals surface area contributed by atoms with Crippen molar-refractivity contribution < 1.29 is 4.79 Å². The Bertz CT molecular complexity index is 568. The van der Waals surface area contributed by atoms with E-state index in [9.17, 15) is 4.79 Å². The second-order valence-corrected chi connectivity index (χ2v) is 5.82. The normalized spacial score (nSPS) is 15.7. The number of thiophene rings is 1. The number of amides is 1. The van der Waals surface area contributed by atoms with Gasteiger partial charge in [0.15, 0.2) is 0 Å². The number of nitrogens with zero attached hydrogens (tertiary/aromatic N) is 3. The number of piperidine rings is 1. The monoisotopic (exact) mass is 275 g/mol. The topological polar surface area (TPSA) is 38.1 Å². The van der Waals surface area contributed by atoms with E-state index in [4.69, 9.17) is 0 Å². The molecule has 0 spiro atoms. The molecule has 0 radical (unpaired) electrons. The lowest BCUT2D eigenvalue weighted by molar-refractivity contribution is 0.0713.